The fourth-order valence-electron chi connectivity index (χ4n) is 6.04. The number of ether oxygens (including phenoxy) is 1. The molecule has 0 spiro atoms. The van der Waals surface area contributed by atoms with Gasteiger partial charge in [0.25, 0.3) is 5.91 Å². The van der Waals surface area contributed by atoms with Gasteiger partial charge in [0.2, 0.25) is 5.78 Å². The van der Waals surface area contributed by atoms with Gasteiger partial charge >= 0.3 is 0 Å². The summed E-state index contributed by atoms with van der Waals surface area (Å²) in [4.78, 5) is 35.8. The van der Waals surface area contributed by atoms with E-state index in [0.29, 0.717) is 42.7 Å². The van der Waals surface area contributed by atoms with Crippen molar-refractivity contribution >= 4 is 34.3 Å². The minimum atomic E-state index is -0.0411. The first-order chi connectivity index (χ1) is 20.9. The Hall–Kier alpha value is -3.52. The predicted octanol–water partition coefficient (Wildman–Crippen LogP) is 6.57. The Kier molecular flexibility index (Phi) is 10.6. The van der Waals surface area contributed by atoms with Gasteiger partial charge in [-0.2, -0.15) is 0 Å². The molecule has 4 aromatic rings. The monoisotopic (exact) mass is 600 g/mol. The molecule has 0 saturated carbocycles. The normalized spacial score (nSPS) is 15.0. The molecule has 43 heavy (non-hydrogen) atoms. The quantitative estimate of drug-likeness (QED) is 0.128. The van der Waals surface area contributed by atoms with Gasteiger partial charge in [0, 0.05) is 49.2 Å². The summed E-state index contributed by atoms with van der Waals surface area (Å²) in [5.41, 5.74) is 3.70. The lowest BCUT2D eigenvalue weighted by molar-refractivity contribution is 0.0779. The minimum Gasteiger partial charge on any atom is -0.380 e. The lowest BCUT2D eigenvalue weighted by Gasteiger charge is -2.33. The van der Waals surface area contributed by atoms with Crippen molar-refractivity contribution in [3.05, 3.63) is 101 Å². The molecule has 8 heteroatoms. The number of piperidine rings is 1. The van der Waals surface area contributed by atoms with Gasteiger partial charge in [-0.15, -0.1) is 0 Å². The second kappa shape index (κ2) is 14.8. The third-order valence-corrected chi connectivity index (χ3v) is 8.75. The lowest BCUT2D eigenvalue weighted by Crippen LogP contribution is -2.38. The number of rotatable bonds is 13. The van der Waals surface area contributed by atoms with Gasteiger partial charge in [-0.05, 0) is 87.8 Å². The predicted molar refractivity (Wildman–Crippen MR) is 172 cm³/mol. The summed E-state index contributed by atoms with van der Waals surface area (Å²) >= 11 is 6.19. The van der Waals surface area contributed by atoms with Crippen LogP contribution in [-0.4, -0.2) is 77.5 Å². The number of likely N-dealkylation sites (tertiary alicyclic amines) is 1. The van der Waals surface area contributed by atoms with Gasteiger partial charge in [-0.3, -0.25) is 9.59 Å². The first-order valence-corrected chi connectivity index (χ1v) is 15.7. The summed E-state index contributed by atoms with van der Waals surface area (Å²) in [6.45, 7) is 7.02. The number of ketones is 1. The number of likely N-dealkylation sites (N-methyl/N-ethyl adjacent to an activating group) is 1. The van der Waals surface area contributed by atoms with E-state index in [-0.39, 0.29) is 23.5 Å². The van der Waals surface area contributed by atoms with Crippen molar-refractivity contribution in [2.24, 2.45) is 5.92 Å². The number of hydrogen-bond acceptors (Lipinski definition) is 5. The Labute approximate surface area is 259 Å². The van der Waals surface area contributed by atoms with Crippen molar-refractivity contribution in [3.8, 4) is 0 Å². The molecular weight excluding hydrogens is 560 g/mol. The minimum absolute atomic E-state index is 0.0196. The summed E-state index contributed by atoms with van der Waals surface area (Å²) in [6, 6.07) is 25.3. The Morgan fingerprint density at radius 2 is 1.67 bits per heavy atom. The molecule has 1 aliphatic heterocycles. The molecule has 1 saturated heterocycles. The van der Waals surface area contributed by atoms with Gasteiger partial charge < -0.3 is 19.1 Å². The van der Waals surface area contributed by atoms with Gasteiger partial charge in [0.15, 0.2) is 5.82 Å². The molecule has 1 amide bonds. The highest BCUT2D eigenvalue weighted by atomic mass is 35.5. The summed E-state index contributed by atoms with van der Waals surface area (Å²) < 4.78 is 7.63. The second-order valence-corrected chi connectivity index (χ2v) is 11.8. The Bertz CT molecular complexity index is 1500. The van der Waals surface area contributed by atoms with Gasteiger partial charge in [0.1, 0.15) is 0 Å². The summed E-state index contributed by atoms with van der Waals surface area (Å²) in [5, 5.41) is 0.703. The number of benzene rings is 3. The number of carbonyl (C=O) groups excluding carboxylic acids is 2. The van der Waals surface area contributed by atoms with E-state index >= 15 is 0 Å². The van der Waals surface area contributed by atoms with Crippen molar-refractivity contribution in [1.82, 2.24) is 19.4 Å². The number of aromatic nitrogens is 2. The first kappa shape index (κ1) is 30.9. The van der Waals surface area contributed by atoms with Crippen LogP contribution in [-0.2, 0) is 11.3 Å². The highest BCUT2D eigenvalue weighted by molar-refractivity contribution is 6.30. The number of halogens is 1. The van der Waals surface area contributed by atoms with E-state index in [9.17, 15) is 9.59 Å². The molecule has 226 valence electrons. The van der Waals surface area contributed by atoms with Crippen LogP contribution in [0.15, 0.2) is 78.9 Å². The average Bonchev–Trinajstić information content (AvgIpc) is 3.42. The van der Waals surface area contributed by atoms with Crippen LogP contribution in [0.1, 0.15) is 58.6 Å². The number of imidazole rings is 1. The fraction of sp³-hybridized carbons (Fsp3) is 0.400. The molecule has 1 atom stereocenters. The Morgan fingerprint density at radius 3 is 2.40 bits per heavy atom. The zero-order valence-corrected chi connectivity index (χ0v) is 25.9. The number of Topliss-reactive ketones (excluding diaryl/α,β-unsaturated/α-hetero) is 1. The second-order valence-electron chi connectivity index (χ2n) is 11.3. The smallest absolute Gasteiger partial charge is 0.253 e. The number of nitrogens with zero attached hydrogens (tertiary/aromatic N) is 4. The van der Waals surface area contributed by atoms with E-state index in [0.717, 1.165) is 49.9 Å². The number of amides is 1. The molecule has 1 aliphatic rings. The number of fused-ring (bicyclic) bond motifs is 1. The SMILES string of the molecule is CCOCCn1c(C(=O)C2CCN(CCC(CN(C)C(=O)c3ccccc3)c3ccc(Cl)cc3)CC2)nc2ccccc21. The van der Waals surface area contributed by atoms with Crippen molar-refractivity contribution in [2.75, 3.05) is 46.4 Å². The van der Waals surface area contributed by atoms with Crippen LogP contribution >= 0.6 is 11.6 Å². The maximum absolute atomic E-state index is 13.7. The van der Waals surface area contributed by atoms with Crippen LogP contribution in [0.5, 0.6) is 0 Å². The Balaban J connectivity index is 1.21. The molecule has 0 radical (unpaired) electrons. The molecule has 7 nitrogen and oxygen atoms in total. The lowest BCUT2D eigenvalue weighted by atomic mass is 9.90. The van der Waals surface area contributed by atoms with E-state index in [4.69, 9.17) is 21.3 Å². The largest absolute Gasteiger partial charge is 0.380 e. The van der Waals surface area contributed by atoms with E-state index in [1.54, 1.807) is 0 Å². The average molecular weight is 601 g/mol. The van der Waals surface area contributed by atoms with Crippen LogP contribution in [0.2, 0.25) is 5.02 Å². The zero-order chi connectivity index (χ0) is 30.2. The van der Waals surface area contributed by atoms with E-state index < -0.39 is 0 Å². The van der Waals surface area contributed by atoms with Gasteiger partial charge in [0.05, 0.1) is 17.6 Å². The zero-order valence-electron chi connectivity index (χ0n) is 25.1. The molecule has 1 unspecified atom stereocenters. The van der Waals surface area contributed by atoms with Crippen LogP contribution < -0.4 is 0 Å². The Morgan fingerprint density at radius 1 is 0.977 bits per heavy atom. The molecular formula is C35H41ClN4O3. The number of carbonyl (C=O) groups is 2. The van der Waals surface area contributed by atoms with Crippen molar-refractivity contribution in [3.63, 3.8) is 0 Å². The number of para-hydroxylation sites is 2. The van der Waals surface area contributed by atoms with E-state index in [2.05, 4.69) is 17.0 Å². The molecule has 1 aromatic heterocycles. The third-order valence-electron chi connectivity index (χ3n) is 8.49. The van der Waals surface area contributed by atoms with Crippen LogP contribution in [0.4, 0.5) is 0 Å². The van der Waals surface area contributed by atoms with Crippen LogP contribution in [0, 0.1) is 5.92 Å². The molecule has 1 fully saturated rings. The van der Waals surface area contributed by atoms with Crippen molar-refractivity contribution < 1.29 is 14.3 Å². The van der Waals surface area contributed by atoms with Gasteiger partial charge in [-0.1, -0.05) is 54.1 Å². The summed E-state index contributed by atoms with van der Waals surface area (Å²) in [7, 11) is 1.87. The van der Waals surface area contributed by atoms with E-state index in [1.807, 2.05) is 90.2 Å². The van der Waals surface area contributed by atoms with Gasteiger partial charge in [-0.25, -0.2) is 4.98 Å². The molecule has 5 rings (SSSR count). The molecule has 0 aliphatic carbocycles. The highest BCUT2D eigenvalue weighted by Gasteiger charge is 2.30. The molecule has 3 aromatic carbocycles. The molecule has 2 heterocycles. The van der Waals surface area contributed by atoms with E-state index in [1.165, 1.54) is 5.56 Å². The van der Waals surface area contributed by atoms with Crippen molar-refractivity contribution in [1.29, 1.82) is 0 Å². The van der Waals surface area contributed by atoms with Crippen LogP contribution in [0.3, 0.4) is 0 Å². The summed E-state index contributed by atoms with van der Waals surface area (Å²) in [6.07, 6.45) is 2.52. The topological polar surface area (TPSA) is 67.7 Å². The highest BCUT2D eigenvalue weighted by Crippen LogP contribution is 2.27. The maximum Gasteiger partial charge on any atom is 0.253 e. The molecule has 0 bridgehead atoms. The maximum atomic E-state index is 13.7. The van der Waals surface area contributed by atoms with Crippen molar-refractivity contribution in [2.45, 2.75) is 38.6 Å². The first-order valence-electron chi connectivity index (χ1n) is 15.3. The fourth-order valence-corrected chi connectivity index (χ4v) is 6.17. The number of hydrogen-bond donors (Lipinski definition) is 0. The summed E-state index contributed by atoms with van der Waals surface area (Å²) in [5.74, 6) is 0.826. The standard InChI is InChI=1S/C35H41ClN4O3/c1-3-43-24-23-40-32-12-8-7-11-31(32)37-34(40)33(41)27-17-20-39(21-18-27)22-19-29(26-13-15-30(36)16-14-26)25-38(2)35(42)28-9-5-4-6-10-28/h4-16,27,29H,3,17-25H2,1-2H3. The third kappa shape index (κ3) is 7.71. The molecule has 0 N–H and O–H groups in total. The van der Waals surface area contributed by atoms with Crippen LogP contribution in [0.25, 0.3) is 11.0 Å².